The first-order chi connectivity index (χ1) is 11.1. The van der Waals surface area contributed by atoms with Gasteiger partial charge in [-0.15, -0.1) is 0 Å². The van der Waals surface area contributed by atoms with Crippen LogP contribution in [0.3, 0.4) is 0 Å². The zero-order chi connectivity index (χ0) is 16.7. The summed E-state index contributed by atoms with van der Waals surface area (Å²) in [5.74, 6) is 2.02. The Morgan fingerprint density at radius 2 is 1.74 bits per heavy atom. The van der Waals surface area contributed by atoms with Crippen LogP contribution in [0.2, 0.25) is 0 Å². The summed E-state index contributed by atoms with van der Waals surface area (Å²) in [6.45, 7) is 4.92. The van der Waals surface area contributed by atoms with Gasteiger partial charge in [0.05, 0.1) is 13.3 Å². The highest BCUT2D eigenvalue weighted by atomic mass is 16.5. The van der Waals surface area contributed by atoms with E-state index in [1.54, 1.807) is 25.3 Å². The van der Waals surface area contributed by atoms with E-state index in [4.69, 9.17) is 19.4 Å². The minimum atomic E-state index is 0.378. The molecule has 1 N–H and O–H groups in total. The summed E-state index contributed by atoms with van der Waals surface area (Å²) in [6, 6.07) is 11.3. The van der Waals surface area contributed by atoms with E-state index in [-0.39, 0.29) is 0 Å². The quantitative estimate of drug-likeness (QED) is 0.367. The molecule has 0 saturated carbocycles. The van der Waals surface area contributed by atoms with Gasteiger partial charge in [0.25, 0.3) is 0 Å². The van der Waals surface area contributed by atoms with E-state index >= 15 is 0 Å². The van der Waals surface area contributed by atoms with Crippen LogP contribution in [-0.4, -0.2) is 31.7 Å². The van der Waals surface area contributed by atoms with Crippen LogP contribution in [0.1, 0.15) is 16.7 Å². The molecule has 0 spiro atoms. The minimum absolute atomic E-state index is 0.378. The van der Waals surface area contributed by atoms with Crippen molar-refractivity contribution in [3.8, 4) is 17.2 Å². The number of benzene rings is 2. The fourth-order valence-corrected chi connectivity index (χ4v) is 2.07. The van der Waals surface area contributed by atoms with Crippen molar-refractivity contribution in [1.82, 2.24) is 0 Å². The molecule has 0 bridgehead atoms. The first-order valence-electron chi connectivity index (χ1n) is 7.32. The molecule has 122 valence electrons. The van der Waals surface area contributed by atoms with E-state index in [2.05, 4.69) is 19.0 Å². The van der Waals surface area contributed by atoms with Gasteiger partial charge in [-0.25, -0.2) is 0 Å². The summed E-state index contributed by atoms with van der Waals surface area (Å²) in [5.41, 5.74) is 3.15. The Hall–Kier alpha value is -2.69. The van der Waals surface area contributed by atoms with Crippen molar-refractivity contribution in [2.75, 3.05) is 20.3 Å². The fourth-order valence-electron chi connectivity index (χ4n) is 2.07. The molecule has 0 aromatic heterocycles. The number of aryl methyl sites for hydroxylation is 2. The molecular formula is C18H21NO4. The average molecular weight is 315 g/mol. The molecule has 0 radical (unpaired) electrons. The smallest absolute Gasteiger partial charge is 0.161 e. The van der Waals surface area contributed by atoms with Gasteiger partial charge in [-0.3, -0.25) is 0 Å². The van der Waals surface area contributed by atoms with Crippen molar-refractivity contribution in [3.63, 3.8) is 0 Å². The van der Waals surface area contributed by atoms with Gasteiger partial charge < -0.3 is 19.4 Å². The Kier molecular flexibility index (Phi) is 5.86. The highest BCUT2D eigenvalue weighted by Crippen LogP contribution is 2.27. The molecule has 0 aliphatic carbocycles. The van der Waals surface area contributed by atoms with Gasteiger partial charge in [-0.2, -0.15) is 0 Å². The highest BCUT2D eigenvalue weighted by molar-refractivity contribution is 5.80. The number of oxime groups is 1. The molecule has 0 amide bonds. The maximum atomic E-state index is 8.60. The van der Waals surface area contributed by atoms with Crippen molar-refractivity contribution in [2.45, 2.75) is 13.8 Å². The van der Waals surface area contributed by atoms with E-state index in [9.17, 15) is 0 Å². The van der Waals surface area contributed by atoms with Crippen LogP contribution >= 0.6 is 0 Å². The predicted octanol–water partition coefficient (Wildman–Crippen LogP) is 3.58. The molecule has 2 aromatic carbocycles. The Labute approximate surface area is 136 Å². The molecule has 5 heteroatoms. The molecule has 0 aliphatic heterocycles. The summed E-state index contributed by atoms with van der Waals surface area (Å²) in [7, 11) is 1.58. The molecule has 0 unspecified atom stereocenters. The second kappa shape index (κ2) is 8.08. The lowest BCUT2D eigenvalue weighted by atomic mass is 10.1. The average Bonchev–Trinajstić information content (AvgIpc) is 2.55. The van der Waals surface area contributed by atoms with Crippen LogP contribution in [0.15, 0.2) is 41.6 Å². The lowest BCUT2D eigenvalue weighted by Crippen LogP contribution is -2.10. The van der Waals surface area contributed by atoms with Gasteiger partial charge in [-0.1, -0.05) is 11.2 Å². The van der Waals surface area contributed by atoms with Crippen molar-refractivity contribution in [2.24, 2.45) is 5.16 Å². The summed E-state index contributed by atoms with van der Waals surface area (Å²) in [5, 5.41) is 11.6. The number of ether oxygens (including phenoxy) is 3. The molecule has 0 atom stereocenters. The summed E-state index contributed by atoms with van der Waals surface area (Å²) in [6.07, 6.45) is 1.33. The van der Waals surface area contributed by atoms with E-state index in [1.807, 2.05) is 18.2 Å². The monoisotopic (exact) mass is 315 g/mol. The first-order valence-corrected chi connectivity index (χ1v) is 7.32. The zero-order valence-electron chi connectivity index (χ0n) is 13.6. The topological polar surface area (TPSA) is 60.3 Å². The molecule has 0 heterocycles. The summed E-state index contributed by atoms with van der Waals surface area (Å²) in [4.78, 5) is 0. The number of hydrogen-bond donors (Lipinski definition) is 1. The SMILES string of the molecule is COc1ccc(C=NO)cc1OCCOc1ccc(C)c(C)c1. The van der Waals surface area contributed by atoms with Crippen molar-refractivity contribution < 1.29 is 19.4 Å². The number of methoxy groups -OCH3 is 1. The minimum Gasteiger partial charge on any atom is -0.493 e. The normalized spacial score (nSPS) is 10.7. The largest absolute Gasteiger partial charge is 0.493 e. The van der Waals surface area contributed by atoms with Crippen LogP contribution in [0.25, 0.3) is 0 Å². The Morgan fingerprint density at radius 3 is 2.43 bits per heavy atom. The van der Waals surface area contributed by atoms with Crippen LogP contribution in [0.5, 0.6) is 17.2 Å². The predicted molar refractivity (Wildman–Crippen MR) is 89.3 cm³/mol. The van der Waals surface area contributed by atoms with E-state index < -0.39 is 0 Å². The van der Waals surface area contributed by atoms with E-state index in [1.165, 1.54) is 17.3 Å². The van der Waals surface area contributed by atoms with Gasteiger partial charge >= 0.3 is 0 Å². The molecular weight excluding hydrogens is 294 g/mol. The molecule has 0 fully saturated rings. The molecule has 0 aliphatic rings. The Bertz CT molecular complexity index is 683. The molecule has 23 heavy (non-hydrogen) atoms. The van der Waals surface area contributed by atoms with Crippen molar-refractivity contribution >= 4 is 6.21 Å². The maximum absolute atomic E-state index is 8.60. The lowest BCUT2D eigenvalue weighted by molar-refractivity contribution is 0.211. The van der Waals surface area contributed by atoms with Gasteiger partial charge in [0, 0.05) is 5.56 Å². The van der Waals surface area contributed by atoms with E-state index in [0.29, 0.717) is 24.7 Å². The number of rotatable bonds is 7. The summed E-state index contributed by atoms with van der Waals surface area (Å²) >= 11 is 0. The van der Waals surface area contributed by atoms with Crippen LogP contribution in [-0.2, 0) is 0 Å². The Morgan fingerprint density at radius 1 is 0.957 bits per heavy atom. The maximum Gasteiger partial charge on any atom is 0.161 e. The first kappa shape index (κ1) is 16.7. The van der Waals surface area contributed by atoms with Crippen LogP contribution in [0, 0.1) is 13.8 Å². The van der Waals surface area contributed by atoms with E-state index in [0.717, 1.165) is 11.3 Å². The van der Waals surface area contributed by atoms with Crippen LogP contribution in [0.4, 0.5) is 0 Å². The molecule has 5 nitrogen and oxygen atoms in total. The Balaban J connectivity index is 1.92. The van der Waals surface area contributed by atoms with Gasteiger partial charge in [0.2, 0.25) is 0 Å². The zero-order valence-corrected chi connectivity index (χ0v) is 13.6. The third kappa shape index (κ3) is 4.64. The van der Waals surface area contributed by atoms with Gasteiger partial charge in [0.15, 0.2) is 11.5 Å². The van der Waals surface area contributed by atoms with Crippen molar-refractivity contribution in [3.05, 3.63) is 53.1 Å². The number of nitrogens with zero attached hydrogens (tertiary/aromatic N) is 1. The van der Waals surface area contributed by atoms with Crippen molar-refractivity contribution in [1.29, 1.82) is 0 Å². The lowest BCUT2D eigenvalue weighted by Gasteiger charge is -2.12. The second-order valence-corrected chi connectivity index (χ2v) is 5.10. The van der Waals surface area contributed by atoms with Crippen LogP contribution < -0.4 is 14.2 Å². The third-order valence-corrected chi connectivity index (χ3v) is 3.48. The number of hydrogen-bond acceptors (Lipinski definition) is 5. The molecule has 2 aromatic rings. The van der Waals surface area contributed by atoms with Gasteiger partial charge in [-0.05, 0) is 55.3 Å². The summed E-state index contributed by atoms with van der Waals surface area (Å²) < 4.78 is 16.6. The molecule has 2 rings (SSSR count). The fraction of sp³-hybridized carbons (Fsp3) is 0.278. The standard InChI is InChI=1S/C18H21NO4/c1-13-4-6-16(10-14(13)2)22-8-9-23-18-11-15(12-19-20)5-7-17(18)21-3/h4-7,10-12,20H,8-9H2,1-3H3. The highest BCUT2D eigenvalue weighted by Gasteiger charge is 2.05. The van der Waals surface area contributed by atoms with Gasteiger partial charge in [0.1, 0.15) is 19.0 Å². The second-order valence-electron chi connectivity index (χ2n) is 5.10. The molecule has 0 saturated heterocycles. The third-order valence-electron chi connectivity index (χ3n) is 3.48.